The minimum atomic E-state index is -0.0843. The smallest absolute Gasteiger partial charge is 0.211 e. The van der Waals surface area contributed by atoms with Crippen molar-refractivity contribution >= 4 is 46.0 Å². The lowest BCUT2D eigenvalue weighted by atomic mass is 9.81. The number of fused-ring (bicyclic) bond motifs is 2. The van der Waals surface area contributed by atoms with Crippen molar-refractivity contribution in [3.8, 4) is 0 Å². The van der Waals surface area contributed by atoms with Crippen LogP contribution in [0, 0.1) is 0 Å². The molecule has 38 heavy (non-hydrogen) atoms. The number of allylic oxidation sites excluding steroid dienone is 2. The molecule has 2 aliphatic rings. The van der Waals surface area contributed by atoms with Gasteiger partial charge in [0.1, 0.15) is 13.1 Å². The Bertz CT molecular complexity index is 1240. The molecule has 0 radical (unpaired) electrons. The molecule has 0 amide bonds. The van der Waals surface area contributed by atoms with Gasteiger partial charge in [-0.25, -0.2) is 0 Å². The van der Waals surface area contributed by atoms with Crippen molar-refractivity contribution in [1.82, 2.24) is 9.80 Å². The molecule has 0 N–H and O–H groups in total. The van der Waals surface area contributed by atoms with Crippen LogP contribution in [-0.4, -0.2) is 71.7 Å². The Balaban J connectivity index is 1.63. The van der Waals surface area contributed by atoms with Crippen molar-refractivity contribution in [2.45, 2.75) is 51.4 Å². The monoisotopic (exact) mass is 552 g/mol. The fourth-order valence-corrected chi connectivity index (χ4v) is 6.11. The van der Waals surface area contributed by atoms with Gasteiger partial charge in [0.15, 0.2) is 11.4 Å². The minimum absolute atomic E-state index is 0.0843. The molecule has 2 heterocycles. The maximum atomic E-state index is 6.47. The van der Waals surface area contributed by atoms with Crippen LogP contribution in [0.2, 0.25) is 10.0 Å². The summed E-state index contributed by atoms with van der Waals surface area (Å²) in [6, 6.07) is 12.6. The molecule has 4 nitrogen and oxygen atoms in total. The Kier molecular flexibility index (Phi) is 8.16. The maximum absolute atomic E-state index is 6.47. The lowest BCUT2D eigenvalue weighted by Gasteiger charge is -2.16. The molecule has 6 heteroatoms. The molecule has 2 aromatic rings. The molecule has 0 saturated carbocycles. The summed E-state index contributed by atoms with van der Waals surface area (Å²) < 4.78 is 4.94. The Hall–Kier alpha value is -2.56. The lowest BCUT2D eigenvalue weighted by molar-refractivity contribution is -0.451. The SMILES string of the molecule is CN(C)C=CC1=[N+](CCCC[N+]2=C(C=CN(C)C)C(C)(C)c3ccc(Cl)cc32)c2cc(Cl)ccc2C1(C)C. The molecule has 0 unspecified atom stereocenters. The van der Waals surface area contributed by atoms with Crippen LogP contribution in [0.3, 0.4) is 0 Å². The summed E-state index contributed by atoms with van der Waals surface area (Å²) in [5.74, 6) is 0. The number of hydrogen-bond donors (Lipinski definition) is 0. The first-order chi connectivity index (χ1) is 17.8. The van der Waals surface area contributed by atoms with Crippen molar-refractivity contribution in [1.29, 1.82) is 0 Å². The van der Waals surface area contributed by atoms with E-state index in [1.165, 1.54) is 33.9 Å². The topological polar surface area (TPSA) is 12.5 Å². The van der Waals surface area contributed by atoms with Crippen LogP contribution >= 0.6 is 23.2 Å². The molecule has 0 fully saturated rings. The zero-order valence-electron chi connectivity index (χ0n) is 24.1. The highest BCUT2D eigenvalue weighted by Gasteiger charge is 2.45. The van der Waals surface area contributed by atoms with Crippen molar-refractivity contribution in [3.63, 3.8) is 0 Å². The van der Waals surface area contributed by atoms with Gasteiger partial charge in [-0.05, 0) is 52.0 Å². The van der Waals surface area contributed by atoms with Gasteiger partial charge in [0, 0.05) is 98.9 Å². The standard InChI is InChI=1S/C32H42Cl2N4/c1-31(2)25-13-11-23(33)21-27(25)37(29(31)15-19-35(5)6)17-9-10-18-38-28-22-24(34)12-14-26(28)32(3,4)30(38)16-20-36(7)8/h11-16,19-22H,9-10,17-18H2,1-8H3/q+2. The van der Waals surface area contributed by atoms with Crippen LogP contribution in [-0.2, 0) is 10.8 Å². The lowest BCUT2D eigenvalue weighted by Crippen LogP contribution is -2.29. The van der Waals surface area contributed by atoms with Gasteiger partial charge in [-0.3, -0.25) is 0 Å². The van der Waals surface area contributed by atoms with E-state index in [2.05, 4.69) is 124 Å². The average molecular weight is 554 g/mol. The summed E-state index contributed by atoms with van der Waals surface area (Å²) in [5, 5.41) is 1.56. The fourth-order valence-electron chi connectivity index (χ4n) is 5.78. The molecular formula is C32H42Cl2N4+2. The van der Waals surface area contributed by atoms with E-state index >= 15 is 0 Å². The van der Waals surface area contributed by atoms with Gasteiger partial charge in [0.2, 0.25) is 11.4 Å². The number of hydrogen-bond acceptors (Lipinski definition) is 2. The second-order valence-corrected chi connectivity index (χ2v) is 12.8. The molecule has 202 valence electrons. The second kappa shape index (κ2) is 10.9. The zero-order chi connectivity index (χ0) is 27.8. The van der Waals surface area contributed by atoms with Crippen LogP contribution in [0.15, 0.2) is 61.0 Å². The van der Waals surface area contributed by atoms with E-state index in [1.807, 2.05) is 12.1 Å². The largest absolute Gasteiger partial charge is 0.383 e. The van der Waals surface area contributed by atoms with Crippen LogP contribution in [0.5, 0.6) is 0 Å². The number of rotatable bonds is 9. The van der Waals surface area contributed by atoms with Crippen LogP contribution in [0.25, 0.3) is 0 Å². The summed E-state index contributed by atoms with van der Waals surface area (Å²) in [4.78, 5) is 4.18. The van der Waals surface area contributed by atoms with E-state index in [-0.39, 0.29) is 10.8 Å². The molecule has 0 aliphatic carbocycles. The predicted molar refractivity (Wildman–Crippen MR) is 163 cm³/mol. The van der Waals surface area contributed by atoms with Crippen LogP contribution < -0.4 is 0 Å². The zero-order valence-corrected chi connectivity index (χ0v) is 25.7. The second-order valence-electron chi connectivity index (χ2n) is 11.9. The van der Waals surface area contributed by atoms with Gasteiger partial charge in [0.05, 0.1) is 10.8 Å². The highest BCUT2D eigenvalue weighted by atomic mass is 35.5. The van der Waals surface area contributed by atoms with E-state index in [0.29, 0.717) is 0 Å². The van der Waals surface area contributed by atoms with E-state index in [4.69, 9.17) is 23.2 Å². The first-order valence-electron chi connectivity index (χ1n) is 13.4. The van der Waals surface area contributed by atoms with Gasteiger partial charge >= 0.3 is 0 Å². The number of unbranched alkanes of at least 4 members (excludes halogenated alkanes) is 1. The van der Waals surface area contributed by atoms with Crippen LogP contribution in [0.1, 0.15) is 51.7 Å². The molecule has 0 spiro atoms. The molecule has 2 aliphatic heterocycles. The number of halogens is 2. The fraction of sp³-hybridized carbons (Fsp3) is 0.438. The van der Waals surface area contributed by atoms with Crippen molar-refractivity contribution < 1.29 is 9.15 Å². The highest BCUT2D eigenvalue weighted by molar-refractivity contribution is 6.31. The van der Waals surface area contributed by atoms with Gasteiger partial charge in [-0.2, -0.15) is 9.15 Å². The summed E-state index contributed by atoms with van der Waals surface area (Å²) >= 11 is 12.9. The number of benzene rings is 2. The molecule has 0 saturated heterocycles. The van der Waals surface area contributed by atoms with Gasteiger partial charge < -0.3 is 9.80 Å². The molecule has 0 atom stereocenters. The minimum Gasteiger partial charge on any atom is -0.383 e. The predicted octanol–water partition coefficient (Wildman–Crippen LogP) is 7.38. The maximum Gasteiger partial charge on any atom is 0.211 e. The third-order valence-electron chi connectivity index (χ3n) is 7.78. The Labute approximate surface area is 239 Å². The summed E-state index contributed by atoms with van der Waals surface area (Å²) in [7, 11) is 8.25. The first kappa shape index (κ1) is 28.4. The first-order valence-corrected chi connectivity index (χ1v) is 14.2. The van der Waals surface area contributed by atoms with Crippen molar-refractivity contribution in [2.75, 3.05) is 41.3 Å². The van der Waals surface area contributed by atoms with E-state index < -0.39 is 0 Å². The van der Waals surface area contributed by atoms with Crippen LogP contribution in [0.4, 0.5) is 11.4 Å². The molecule has 4 rings (SSSR count). The Morgan fingerprint density at radius 2 is 1.03 bits per heavy atom. The third-order valence-corrected chi connectivity index (χ3v) is 8.25. The normalized spacial score (nSPS) is 17.6. The van der Waals surface area contributed by atoms with E-state index in [9.17, 15) is 0 Å². The van der Waals surface area contributed by atoms with Gasteiger partial charge in [-0.15, -0.1) is 0 Å². The Morgan fingerprint density at radius 3 is 1.37 bits per heavy atom. The van der Waals surface area contributed by atoms with Crippen molar-refractivity contribution in [2.24, 2.45) is 0 Å². The highest BCUT2D eigenvalue weighted by Crippen LogP contribution is 2.43. The van der Waals surface area contributed by atoms with E-state index in [1.54, 1.807) is 0 Å². The quantitative estimate of drug-likeness (QED) is 0.237. The molecule has 0 bridgehead atoms. The van der Waals surface area contributed by atoms with Gasteiger partial charge in [-0.1, -0.05) is 23.2 Å². The third kappa shape index (κ3) is 5.44. The molecular weight excluding hydrogens is 511 g/mol. The summed E-state index contributed by atoms with van der Waals surface area (Å²) in [6.07, 6.45) is 10.9. The summed E-state index contributed by atoms with van der Waals surface area (Å²) in [6.45, 7) is 11.1. The molecule has 0 aromatic heterocycles. The molecule has 2 aromatic carbocycles. The average Bonchev–Trinajstić information content (AvgIpc) is 3.16. The van der Waals surface area contributed by atoms with Crippen molar-refractivity contribution in [3.05, 3.63) is 82.1 Å². The van der Waals surface area contributed by atoms with E-state index in [0.717, 1.165) is 36.0 Å². The number of nitrogens with zero attached hydrogens (tertiary/aromatic N) is 4. The van der Waals surface area contributed by atoms with Gasteiger partial charge in [0.25, 0.3) is 0 Å². The Morgan fingerprint density at radius 1 is 0.658 bits per heavy atom. The summed E-state index contributed by atoms with van der Waals surface area (Å²) in [5.41, 5.74) is 7.55.